The van der Waals surface area contributed by atoms with Gasteiger partial charge in [-0.1, -0.05) is 79.3 Å². The Balaban J connectivity index is 0.000000269. The number of aliphatic hydroxyl groups excluding tert-OH is 1. The van der Waals surface area contributed by atoms with Crippen molar-refractivity contribution in [2.45, 2.75) is 177 Å². The van der Waals surface area contributed by atoms with Crippen molar-refractivity contribution < 1.29 is 55.9 Å². The molecule has 4 aromatic carbocycles. The number of fused-ring (bicyclic) bond motifs is 2. The normalized spacial score (nSPS) is 18.3. The van der Waals surface area contributed by atoms with Gasteiger partial charge in [-0.25, -0.2) is 27.2 Å². The van der Waals surface area contributed by atoms with Crippen LogP contribution in [0, 0.1) is 34.1 Å². The van der Waals surface area contributed by atoms with E-state index in [4.69, 9.17) is 29.4 Å². The molecule has 0 saturated carbocycles. The predicted octanol–water partition coefficient (Wildman–Crippen LogP) is 11.7. The Morgan fingerprint density at radius 2 is 1.17 bits per heavy atom. The molecule has 0 aromatic heterocycles. The highest BCUT2D eigenvalue weighted by atomic mass is 19.1. The van der Waals surface area contributed by atoms with Crippen LogP contribution in [0.15, 0.2) is 72.8 Å². The van der Waals surface area contributed by atoms with Crippen LogP contribution in [0.4, 0.5) is 27.2 Å². The lowest BCUT2D eigenvalue weighted by molar-refractivity contribution is 0.0417. The summed E-state index contributed by atoms with van der Waals surface area (Å²) in [6.45, 7) is 26.4. The summed E-state index contributed by atoms with van der Waals surface area (Å²) in [5.74, 6) is -1.91. The van der Waals surface area contributed by atoms with Gasteiger partial charge in [-0.2, -0.15) is 0 Å². The molecule has 3 aliphatic heterocycles. The summed E-state index contributed by atoms with van der Waals surface area (Å²) in [6, 6.07) is 18.1. The largest absolute Gasteiger partial charge is 0.493 e. The Kier molecular flexibility index (Phi) is 22.2. The molecule has 4 aromatic rings. The second-order valence-electron chi connectivity index (χ2n) is 24.0. The molecule has 1 fully saturated rings. The first-order valence-corrected chi connectivity index (χ1v) is 25.5. The number of hydrogen-bond donors (Lipinski definition) is 5. The monoisotopic (exact) mass is 1050 g/mol. The van der Waals surface area contributed by atoms with E-state index in [-0.39, 0.29) is 56.5 Å². The van der Waals surface area contributed by atoms with Crippen LogP contribution >= 0.6 is 0 Å². The van der Waals surface area contributed by atoms with Gasteiger partial charge in [0.15, 0.2) is 0 Å². The van der Waals surface area contributed by atoms with Crippen molar-refractivity contribution in [3.8, 4) is 5.75 Å². The third-order valence-electron chi connectivity index (χ3n) is 11.8. The number of alkyl carbamates (subject to hydrolysis) is 2. The predicted molar refractivity (Wildman–Crippen MR) is 286 cm³/mol. The topological polar surface area (TPSA) is 166 Å². The van der Waals surface area contributed by atoms with Crippen molar-refractivity contribution >= 4 is 12.2 Å². The molecule has 16 heteroatoms. The molecular formula is C59H84F4N4O8. The number of hydrogen-bond acceptors (Lipinski definition) is 10. The molecule has 0 radical (unpaired) electrons. The highest BCUT2D eigenvalue weighted by Gasteiger charge is 2.35. The molecule has 4 unspecified atom stereocenters. The lowest BCUT2D eigenvalue weighted by Gasteiger charge is -2.31. The van der Waals surface area contributed by atoms with Crippen molar-refractivity contribution in [1.82, 2.24) is 16.0 Å². The van der Waals surface area contributed by atoms with E-state index in [1.807, 2.05) is 6.07 Å². The molecule has 2 amide bonds. The highest BCUT2D eigenvalue weighted by molar-refractivity contribution is 5.68. The molecule has 0 aliphatic carbocycles. The number of benzene rings is 4. The number of ether oxygens (including phenoxy) is 5. The Hall–Kier alpha value is -5.26. The maximum Gasteiger partial charge on any atom is 0.407 e. The van der Waals surface area contributed by atoms with Gasteiger partial charge in [0, 0.05) is 36.7 Å². The summed E-state index contributed by atoms with van der Waals surface area (Å²) in [5, 5.41) is 19.9. The first-order chi connectivity index (χ1) is 34.4. The van der Waals surface area contributed by atoms with Crippen LogP contribution in [-0.2, 0) is 51.2 Å². The molecule has 3 heterocycles. The summed E-state index contributed by atoms with van der Waals surface area (Å²) in [7, 11) is 0. The highest BCUT2D eigenvalue weighted by Crippen LogP contribution is 2.35. The molecule has 7 rings (SSSR count). The van der Waals surface area contributed by atoms with E-state index in [9.17, 15) is 32.3 Å². The fourth-order valence-electron chi connectivity index (χ4n) is 8.74. The standard InChI is InChI=1S/C29H40F2N2O4.C15H19F2NO3.C14H21NO.CH4/c1-28(2,3)16-18-7-8-26-22(13-18)23(9-10-36-26)32-17-25(34)24(33-27(35)37-29(4,5)6)14-19-11-20(30)15-21(31)12-19;1-15(2,3)21-14(19)18-12(13-8-20-13)6-9-4-10(16)7-11(17)5-9;1-14(2,3)7-10-4-5-11-8-16-9-13(15)12(11)6-10;/h7-8,11-13,15,23-25,32,34H,9-10,14,16-17H2,1-6H3,(H,33,35);4-5,7,12-13H,6,8H2,1-3H3,(H,18,19);4-6,13H,7-9,15H2,1-3H3;1H4/t23?,24?,25-;;13-;/m1.0./s1. The number of carbonyl (C=O) groups excluding carboxylic acids is 2. The van der Waals surface area contributed by atoms with Gasteiger partial charge >= 0.3 is 12.2 Å². The fraction of sp³-hybridized carbons (Fsp3) is 0.559. The number of nitrogens with two attached hydrogens (primary N) is 1. The Morgan fingerprint density at radius 3 is 1.68 bits per heavy atom. The van der Waals surface area contributed by atoms with Crippen LogP contribution in [0.5, 0.6) is 5.75 Å². The number of amides is 2. The van der Waals surface area contributed by atoms with E-state index in [1.54, 1.807) is 41.5 Å². The Bertz CT molecular complexity index is 2450. The molecule has 3 aliphatic rings. The summed E-state index contributed by atoms with van der Waals surface area (Å²) in [4.78, 5) is 24.3. The minimum Gasteiger partial charge on any atom is -0.493 e. The summed E-state index contributed by atoms with van der Waals surface area (Å²) in [6.07, 6.45) is 0.548. The zero-order valence-corrected chi connectivity index (χ0v) is 45.4. The molecule has 6 N–H and O–H groups in total. The lowest BCUT2D eigenvalue weighted by Crippen LogP contribution is -2.50. The maximum atomic E-state index is 13.8. The zero-order chi connectivity index (χ0) is 54.8. The Morgan fingerprint density at radius 1 is 0.680 bits per heavy atom. The third kappa shape index (κ3) is 22.5. The molecular weight excluding hydrogens is 969 g/mol. The van der Waals surface area contributed by atoms with Gasteiger partial charge in [-0.05, 0) is 142 Å². The summed E-state index contributed by atoms with van der Waals surface area (Å²) in [5.41, 5.74) is 12.1. The molecule has 416 valence electrons. The van der Waals surface area contributed by atoms with Crippen LogP contribution in [0.25, 0.3) is 0 Å². The van der Waals surface area contributed by atoms with E-state index < -0.39 is 58.8 Å². The van der Waals surface area contributed by atoms with Gasteiger partial charge in [0.2, 0.25) is 0 Å². The van der Waals surface area contributed by atoms with E-state index in [0.29, 0.717) is 43.0 Å². The molecule has 12 nitrogen and oxygen atoms in total. The summed E-state index contributed by atoms with van der Waals surface area (Å²) >= 11 is 0. The van der Waals surface area contributed by atoms with Gasteiger partial charge in [0.25, 0.3) is 0 Å². The van der Waals surface area contributed by atoms with Crippen molar-refractivity contribution in [2.75, 3.05) is 26.4 Å². The first kappa shape index (κ1) is 62.3. The molecule has 0 spiro atoms. The van der Waals surface area contributed by atoms with Crippen LogP contribution < -0.4 is 26.4 Å². The number of aliphatic hydroxyl groups is 1. The van der Waals surface area contributed by atoms with Gasteiger partial charge in [-0.15, -0.1) is 0 Å². The van der Waals surface area contributed by atoms with Gasteiger partial charge in [0.05, 0.1) is 50.7 Å². The molecule has 75 heavy (non-hydrogen) atoms. The van der Waals surface area contributed by atoms with Gasteiger partial charge in [0.1, 0.15) is 46.3 Å². The van der Waals surface area contributed by atoms with Crippen LogP contribution in [-0.4, -0.2) is 79.2 Å². The summed E-state index contributed by atoms with van der Waals surface area (Å²) < 4.78 is 81.0. The minimum atomic E-state index is -1.05. The van der Waals surface area contributed by atoms with Crippen molar-refractivity contribution in [1.29, 1.82) is 0 Å². The van der Waals surface area contributed by atoms with Crippen molar-refractivity contribution in [2.24, 2.45) is 16.6 Å². The third-order valence-corrected chi connectivity index (χ3v) is 11.8. The quantitative estimate of drug-likeness (QED) is 0.0643. The molecule has 1 saturated heterocycles. The number of nitrogens with one attached hydrogen (secondary N) is 3. The first-order valence-electron chi connectivity index (χ1n) is 25.5. The molecule has 6 atom stereocenters. The number of epoxide rings is 1. The lowest BCUT2D eigenvalue weighted by atomic mass is 9.86. The Labute approximate surface area is 443 Å². The maximum absolute atomic E-state index is 13.8. The second kappa shape index (κ2) is 26.7. The van der Waals surface area contributed by atoms with Crippen molar-refractivity contribution in [3.05, 3.63) is 135 Å². The van der Waals surface area contributed by atoms with Crippen molar-refractivity contribution in [3.63, 3.8) is 0 Å². The van der Waals surface area contributed by atoms with Crippen LogP contribution in [0.3, 0.4) is 0 Å². The fourth-order valence-corrected chi connectivity index (χ4v) is 8.74. The average Bonchev–Trinajstić information content (AvgIpc) is 4.09. The van der Waals surface area contributed by atoms with E-state index in [0.717, 1.165) is 42.7 Å². The average molecular weight is 1050 g/mol. The molecule has 0 bridgehead atoms. The second-order valence-corrected chi connectivity index (χ2v) is 24.0. The minimum absolute atomic E-state index is 0. The van der Waals surface area contributed by atoms with Gasteiger partial charge in [-0.3, -0.25) is 0 Å². The smallest absolute Gasteiger partial charge is 0.407 e. The SMILES string of the molecule is C.CC(C)(C)Cc1ccc2c(c1)C(NC[C@@H](O)C(Cc1cc(F)cc(F)c1)NC(=O)OC(C)(C)C)CCO2.CC(C)(C)Cc1ccc2c(c1)[C@@H](N)COC2.CC(C)(C)OC(=O)NC(Cc1cc(F)cc(F)c1)C1CO1. The van der Waals surface area contributed by atoms with Crippen LogP contribution in [0.1, 0.15) is 148 Å². The van der Waals surface area contributed by atoms with E-state index >= 15 is 0 Å². The van der Waals surface area contributed by atoms with E-state index in [2.05, 4.69) is 87.8 Å². The number of carbonyl (C=O) groups is 2. The van der Waals surface area contributed by atoms with Gasteiger partial charge < -0.3 is 50.5 Å². The number of rotatable bonds is 13. The van der Waals surface area contributed by atoms with E-state index in [1.165, 1.54) is 46.5 Å². The number of halogens is 4. The van der Waals surface area contributed by atoms with Crippen LogP contribution in [0.2, 0.25) is 0 Å². The zero-order valence-electron chi connectivity index (χ0n) is 45.4.